The van der Waals surface area contributed by atoms with Gasteiger partial charge in [0.1, 0.15) is 5.65 Å². The van der Waals surface area contributed by atoms with E-state index in [-0.39, 0.29) is 0 Å². The maximum Gasteiger partial charge on any atom is 0.416 e. The maximum atomic E-state index is 13.0. The van der Waals surface area contributed by atoms with E-state index < -0.39 is 17.3 Å². The first kappa shape index (κ1) is 18.0. The fourth-order valence-electron chi connectivity index (χ4n) is 3.65. The zero-order chi connectivity index (χ0) is 19.1. The molecule has 1 aliphatic heterocycles. The summed E-state index contributed by atoms with van der Waals surface area (Å²) in [6.45, 7) is 1.85. The number of aromatic nitrogens is 2. The Hall–Kier alpha value is -2.38. The van der Waals surface area contributed by atoms with Crippen molar-refractivity contribution >= 4 is 5.65 Å². The van der Waals surface area contributed by atoms with Crippen LogP contribution < -0.4 is 0 Å². The first-order valence-corrected chi connectivity index (χ1v) is 8.89. The van der Waals surface area contributed by atoms with Crippen molar-refractivity contribution in [1.29, 1.82) is 0 Å². The molecule has 0 atom stereocenters. The van der Waals surface area contributed by atoms with Crippen LogP contribution in [0.5, 0.6) is 0 Å². The van der Waals surface area contributed by atoms with E-state index in [1.165, 1.54) is 6.07 Å². The molecule has 0 bridgehead atoms. The van der Waals surface area contributed by atoms with Crippen molar-refractivity contribution in [3.05, 3.63) is 71.7 Å². The summed E-state index contributed by atoms with van der Waals surface area (Å²) in [5, 5.41) is 10.9. The number of aliphatic hydroxyl groups is 1. The average Bonchev–Trinajstić information content (AvgIpc) is 3.05. The minimum Gasteiger partial charge on any atom is -0.385 e. The lowest BCUT2D eigenvalue weighted by atomic mass is 9.83. The summed E-state index contributed by atoms with van der Waals surface area (Å²) < 4.78 is 40.8. The monoisotopic (exact) mass is 375 g/mol. The highest BCUT2D eigenvalue weighted by atomic mass is 19.4. The smallest absolute Gasteiger partial charge is 0.385 e. The molecule has 1 aromatic carbocycles. The Bertz CT molecular complexity index is 910. The topological polar surface area (TPSA) is 40.8 Å². The van der Waals surface area contributed by atoms with Gasteiger partial charge in [0.05, 0.1) is 16.9 Å². The molecule has 1 N–H and O–H groups in total. The number of fused-ring (bicyclic) bond motifs is 1. The number of benzene rings is 1. The van der Waals surface area contributed by atoms with Gasteiger partial charge in [-0.2, -0.15) is 13.2 Å². The molecule has 7 heteroatoms. The number of likely N-dealkylation sites (tertiary alicyclic amines) is 1. The van der Waals surface area contributed by atoms with Crippen molar-refractivity contribution in [3.63, 3.8) is 0 Å². The Labute approximate surface area is 154 Å². The molecule has 0 aliphatic carbocycles. The van der Waals surface area contributed by atoms with Gasteiger partial charge in [0.2, 0.25) is 0 Å². The summed E-state index contributed by atoms with van der Waals surface area (Å²) >= 11 is 0. The summed E-state index contributed by atoms with van der Waals surface area (Å²) in [6.07, 6.45) is 0.289. The van der Waals surface area contributed by atoms with Crippen LogP contribution in [-0.4, -0.2) is 32.5 Å². The Morgan fingerprint density at radius 3 is 2.56 bits per heavy atom. The van der Waals surface area contributed by atoms with Crippen LogP contribution in [0.4, 0.5) is 13.2 Å². The molecule has 0 amide bonds. The summed E-state index contributed by atoms with van der Waals surface area (Å²) in [4.78, 5) is 6.74. The van der Waals surface area contributed by atoms with Crippen LogP contribution in [0.25, 0.3) is 5.65 Å². The molecule has 3 aromatic rings. The second kappa shape index (κ2) is 6.65. The molecular weight excluding hydrogens is 355 g/mol. The molecule has 2 aromatic heterocycles. The summed E-state index contributed by atoms with van der Waals surface area (Å²) in [5.74, 6) is 0. The first-order valence-electron chi connectivity index (χ1n) is 8.89. The largest absolute Gasteiger partial charge is 0.416 e. The van der Waals surface area contributed by atoms with Gasteiger partial charge in [0.25, 0.3) is 0 Å². The van der Waals surface area contributed by atoms with E-state index in [2.05, 4.69) is 9.88 Å². The van der Waals surface area contributed by atoms with Crippen molar-refractivity contribution in [2.24, 2.45) is 0 Å². The van der Waals surface area contributed by atoms with Crippen molar-refractivity contribution in [2.45, 2.75) is 31.2 Å². The van der Waals surface area contributed by atoms with E-state index in [0.29, 0.717) is 38.0 Å². The van der Waals surface area contributed by atoms with Crippen LogP contribution >= 0.6 is 0 Å². The zero-order valence-corrected chi connectivity index (χ0v) is 14.7. The van der Waals surface area contributed by atoms with Gasteiger partial charge in [-0.05, 0) is 42.7 Å². The molecule has 0 radical (unpaired) electrons. The van der Waals surface area contributed by atoms with Gasteiger partial charge in [0.15, 0.2) is 0 Å². The zero-order valence-electron chi connectivity index (χ0n) is 14.7. The first-order chi connectivity index (χ1) is 12.8. The Morgan fingerprint density at radius 1 is 1.07 bits per heavy atom. The van der Waals surface area contributed by atoms with Gasteiger partial charge in [0, 0.05) is 32.0 Å². The quantitative estimate of drug-likeness (QED) is 0.756. The third-order valence-electron chi connectivity index (χ3n) is 5.21. The van der Waals surface area contributed by atoms with Gasteiger partial charge in [-0.25, -0.2) is 4.98 Å². The van der Waals surface area contributed by atoms with Crippen LogP contribution in [0, 0.1) is 0 Å². The molecule has 1 fully saturated rings. The Morgan fingerprint density at radius 2 is 1.85 bits per heavy atom. The van der Waals surface area contributed by atoms with Crippen molar-refractivity contribution in [1.82, 2.24) is 14.3 Å². The van der Waals surface area contributed by atoms with Crippen LogP contribution in [0.3, 0.4) is 0 Å². The molecule has 0 spiro atoms. The van der Waals surface area contributed by atoms with Gasteiger partial charge in [-0.1, -0.05) is 18.2 Å². The Kier molecular flexibility index (Phi) is 4.44. The van der Waals surface area contributed by atoms with E-state index >= 15 is 0 Å². The second-order valence-corrected chi connectivity index (χ2v) is 7.08. The fourth-order valence-corrected chi connectivity index (χ4v) is 3.65. The summed E-state index contributed by atoms with van der Waals surface area (Å²) in [6, 6.07) is 10.8. The Balaban J connectivity index is 1.45. The van der Waals surface area contributed by atoms with Crippen molar-refractivity contribution in [3.8, 4) is 0 Å². The molecule has 0 unspecified atom stereocenters. The normalized spacial score (nSPS) is 18.1. The number of imidazole rings is 1. The number of halogens is 3. The van der Waals surface area contributed by atoms with E-state index in [9.17, 15) is 18.3 Å². The van der Waals surface area contributed by atoms with Crippen LogP contribution in [0.2, 0.25) is 0 Å². The second-order valence-electron chi connectivity index (χ2n) is 7.08. The van der Waals surface area contributed by atoms with Crippen LogP contribution in [0.15, 0.2) is 54.9 Å². The molecule has 4 rings (SSSR count). The van der Waals surface area contributed by atoms with E-state index in [1.54, 1.807) is 6.07 Å². The standard InChI is InChI=1S/C20H20F3N3O/c21-20(22,23)16-5-3-4-15(12-16)19(27)7-10-25(11-8-19)13-17-14-26-9-2-1-6-18(26)24-17/h1-6,9,12,14,27H,7-8,10-11,13H2. The van der Waals surface area contributed by atoms with Gasteiger partial charge in [-0.15, -0.1) is 0 Å². The SMILES string of the molecule is OC1(c2cccc(C(F)(F)F)c2)CCN(Cc2cn3ccccc3n2)CC1. The minimum absolute atomic E-state index is 0.338. The highest BCUT2D eigenvalue weighted by Crippen LogP contribution is 2.37. The maximum absolute atomic E-state index is 13.0. The van der Waals surface area contributed by atoms with E-state index in [1.807, 2.05) is 35.0 Å². The van der Waals surface area contributed by atoms with Gasteiger partial charge >= 0.3 is 6.18 Å². The molecule has 142 valence electrons. The number of alkyl halides is 3. The van der Waals surface area contributed by atoms with E-state index in [4.69, 9.17) is 0 Å². The molecule has 4 nitrogen and oxygen atoms in total. The van der Waals surface area contributed by atoms with Crippen LogP contribution in [0.1, 0.15) is 29.7 Å². The third-order valence-corrected chi connectivity index (χ3v) is 5.21. The minimum atomic E-state index is -4.41. The third kappa shape index (κ3) is 3.70. The molecule has 1 saturated heterocycles. The van der Waals surface area contributed by atoms with E-state index in [0.717, 1.165) is 23.5 Å². The number of hydrogen-bond donors (Lipinski definition) is 1. The summed E-state index contributed by atoms with van der Waals surface area (Å²) in [5.41, 5.74) is 0.206. The number of pyridine rings is 1. The van der Waals surface area contributed by atoms with Gasteiger partial charge < -0.3 is 9.51 Å². The highest BCUT2D eigenvalue weighted by molar-refractivity contribution is 5.39. The predicted molar refractivity (Wildman–Crippen MR) is 95.0 cm³/mol. The molecular formula is C20H20F3N3O. The molecule has 0 saturated carbocycles. The lowest BCUT2D eigenvalue weighted by molar-refractivity contribution is -0.137. The average molecular weight is 375 g/mol. The number of rotatable bonds is 3. The lowest BCUT2D eigenvalue weighted by Gasteiger charge is -2.38. The molecule has 27 heavy (non-hydrogen) atoms. The predicted octanol–water partition coefficient (Wildman–Crippen LogP) is 3.84. The van der Waals surface area contributed by atoms with Crippen molar-refractivity contribution < 1.29 is 18.3 Å². The highest BCUT2D eigenvalue weighted by Gasteiger charge is 2.37. The van der Waals surface area contributed by atoms with Crippen molar-refractivity contribution in [2.75, 3.05) is 13.1 Å². The number of piperidine rings is 1. The molecule has 1 aliphatic rings. The lowest BCUT2D eigenvalue weighted by Crippen LogP contribution is -2.42. The fraction of sp³-hybridized carbons (Fsp3) is 0.350. The molecule has 3 heterocycles. The number of nitrogens with zero attached hydrogens (tertiary/aromatic N) is 3. The number of hydrogen-bond acceptors (Lipinski definition) is 3. The summed E-state index contributed by atoms with van der Waals surface area (Å²) in [7, 11) is 0. The van der Waals surface area contributed by atoms with Crippen LogP contribution in [-0.2, 0) is 18.3 Å². The van der Waals surface area contributed by atoms with Gasteiger partial charge in [-0.3, -0.25) is 4.90 Å².